The van der Waals surface area contributed by atoms with Crippen molar-refractivity contribution in [2.24, 2.45) is 5.41 Å². The van der Waals surface area contributed by atoms with Gasteiger partial charge in [-0.05, 0) is 30.4 Å². The maximum Gasteiger partial charge on any atom is 0.287 e. The molecule has 0 bridgehead atoms. The van der Waals surface area contributed by atoms with Crippen molar-refractivity contribution in [1.82, 2.24) is 5.32 Å². The zero-order valence-electron chi connectivity index (χ0n) is 9.91. The number of benzene rings is 1. The van der Waals surface area contributed by atoms with E-state index in [4.69, 9.17) is 4.42 Å². The van der Waals surface area contributed by atoms with Crippen molar-refractivity contribution in [1.29, 1.82) is 0 Å². The van der Waals surface area contributed by atoms with Crippen molar-refractivity contribution in [3.8, 4) is 0 Å². The number of furan rings is 1. The van der Waals surface area contributed by atoms with E-state index >= 15 is 0 Å². The molecule has 0 atom stereocenters. The maximum absolute atomic E-state index is 12.0. The Bertz CT molecular complexity index is 553. The Morgan fingerprint density at radius 1 is 1.39 bits per heavy atom. The first-order valence-electron chi connectivity index (χ1n) is 6.05. The van der Waals surface area contributed by atoms with E-state index < -0.39 is 0 Å². The molecule has 0 unspecified atom stereocenters. The fourth-order valence-electron chi connectivity index (χ4n) is 1.98. The van der Waals surface area contributed by atoms with E-state index in [2.05, 4.69) is 21.2 Å². The number of fused-ring (bicyclic) bond motifs is 1. The van der Waals surface area contributed by atoms with Crippen molar-refractivity contribution in [2.75, 3.05) is 11.9 Å². The number of para-hydroxylation sites is 1. The standard InChI is InChI=1S/C14H14BrNO2/c15-8-14(5-6-14)9-16-13(17)12-7-10-3-1-2-4-11(10)18-12/h1-4,7H,5-6,8-9H2,(H,16,17). The van der Waals surface area contributed by atoms with E-state index in [1.54, 1.807) is 6.07 Å². The molecule has 18 heavy (non-hydrogen) atoms. The number of hydrogen-bond acceptors (Lipinski definition) is 2. The smallest absolute Gasteiger partial charge is 0.287 e. The molecule has 2 aromatic rings. The molecule has 1 fully saturated rings. The summed E-state index contributed by atoms with van der Waals surface area (Å²) in [5.41, 5.74) is 1.03. The van der Waals surface area contributed by atoms with Crippen molar-refractivity contribution >= 4 is 32.8 Å². The summed E-state index contributed by atoms with van der Waals surface area (Å²) in [6, 6.07) is 9.43. The highest BCUT2D eigenvalue weighted by molar-refractivity contribution is 9.09. The van der Waals surface area contributed by atoms with Crippen molar-refractivity contribution < 1.29 is 9.21 Å². The second kappa shape index (κ2) is 4.43. The largest absolute Gasteiger partial charge is 0.451 e. The molecule has 1 aliphatic carbocycles. The summed E-state index contributed by atoms with van der Waals surface area (Å²) in [7, 11) is 0. The summed E-state index contributed by atoms with van der Waals surface area (Å²) in [6.07, 6.45) is 2.36. The van der Waals surface area contributed by atoms with Crippen molar-refractivity contribution in [3.63, 3.8) is 0 Å². The monoisotopic (exact) mass is 307 g/mol. The number of hydrogen-bond donors (Lipinski definition) is 1. The molecule has 3 nitrogen and oxygen atoms in total. The molecule has 1 aromatic heterocycles. The Morgan fingerprint density at radius 3 is 2.83 bits per heavy atom. The summed E-state index contributed by atoms with van der Waals surface area (Å²) < 4.78 is 5.53. The van der Waals surface area contributed by atoms with Crippen LogP contribution >= 0.6 is 15.9 Å². The number of nitrogens with one attached hydrogen (secondary N) is 1. The number of alkyl halides is 1. The van der Waals surface area contributed by atoms with Gasteiger partial charge in [-0.3, -0.25) is 4.79 Å². The average molecular weight is 308 g/mol. The number of amides is 1. The second-order valence-electron chi connectivity index (χ2n) is 4.96. The lowest BCUT2D eigenvalue weighted by atomic mass is 10.1. The van der Waals surface area contributed by atoms with Gasteiger partial charge in [-0.2, -0.15) is 0 Å². The van der Waals surface area contributed by atoms with Crippen LogP contribution in [0.3, 0.4) is 0 Å². The average Bonchev–Trinajstić information content (AvgIpc) is 3.05. The molecule has 94 valence electrons. The Morgan fingerprint density at radius 2 is 2.17 bits per heavy atom. The normalized spacial score (nSPS) is 16.7. The molecule has 3 rings (SSSR count). The molecule has 4 heteroatoms. The van der Waals surface area contributed by atoms with Crippen LogP contribution in [0.25, 0.3) is 11.0 Å². The first-order valence-corrected chi connectivity index (χ1v) is 7.17. The molecule has 0 spiro atoms. The summed E-state index contributed by atoms with van der Waals surface area (Å²) in [5, 5.41) is 4.86. The molecular weight excluding hydrogens is 294 g/mol. The molecular formula is C14H14BrNO2. The highest BCUT2D eigenvalue weighted by atomic mass is 79.9. The number of carbonyl (C=O) groups excluding carboxylic acids is 1. The highest BCUT2D eigenvalue weighted by Gasteiger charge is 2.41. The van der Waals surface area contributed by atoms with Crippen LogP contribution in [0, 0.1) is 5.41 Å². The van der Waals surface area contributed by atoms with E-state index in [1.807, 2.05) is 24.3 Å². The molecule has 1 saturated carbocycles. The SMILES string of the molecule is O=C(NCC1(CBr)CC1)c1cc2ccccc2o1. The Kier molecular flexibility index (Phi) is 2.90. The Balaban J connectivity index is 1.72. The summed E-state index contributed by atoms with van der Waals surface area (Å²) in [4.78, 5) is 12.0. The molecule has 0 saturated heterocycles. The van der Waals surface area contributed by atoms with Crippen LogP contribution in [0.5, 0.6) is 0 Å². The van der Waals surface area contributed by atoms with Crippen LogP contribution < -0.4 is 5.32 Å². The van der Waals surface area contributed by atoms with Crippen LogP contribution in [0.2, 0.25) is 0 Å². The predicted octanol–water partition coefficient (Wildman–Crippen LogP) is 3.34. The third-order valence-corrected chi connectivity index (χ3v) is 4.70. The zero-order valence-corrected chi connectivity index (χ0v) is 11.5. The van der Waals surface area contributed by atoms with Gasteiger partial charge in [-0.1, -0.05) is 34.1 Å². The summed E-state index contributed by atoms with van der Waals surface area (Å²) in [6.45, 7) is 0.716. The molecule has 1 aliphatic rings. The zero-order chi connectivity index (χ0) is 12.6. The summed E-state index contributed by atoms with van der Waals surface area (Å²) >= 11 is 3.49. The Labute approximate surface area is 114 Å². The Hall–Kier alpha value is -1.29. The lowest BCUT2D eigenvalue weighted by Gasteiger charge is -2.11. The van der Waals surface area contributed by atoms with Crippen LogP contribution in [0.4, 0.5) is 0 Å². The predicted molar refractivity (Wildman–Crippen MR) is 74.0 cm³/mol. The minimum Gasteiger partial charge on any atom is -0.451 e. The van der Waals surface area contributed by atoms with E-state index in [-0.39, 0.29) is 11.3 Å². The van der Waals surface area contributed by atoms with Crippen LogP contribution in [0.15, 0.2) is 34.7 Å². The number of halogens is 1. The van der Waals surface area contributed by atoms with Crippen LogP contribution in [-0.2, 0) is 0 Å². The lowest BCUT2D eigenvalue weighted by Crippen LogP contribution is -2.30. The van der Waals surface area contributed by atoms with Gasteiger partial charge in [0.05, 0.1) is 0 Å². The van der Waals surface area contributed by atoms with Gasteiger partial charge in [0.25, 0.3) is 5.91 Å². The van der Waals surface area contributed by atoms with E-state index in [1.165, 1.54) is 12.8 Å². The van der Waals surface area contributed by atoms with Gasteiger partial charge in [0.2, 0.25) is 0 Å². The molecule has 1 heterocycles. The number of rotatable bonds is 4. The molecule has 1 amide bonds. The summed E-state index contributed by atoms with van der Waals surface area (Å²) in [5.74, 6) is 0.264. The van der Waals surface area contributed by atoms with Gasteiger partial charge >= 0.3 is 0 Å². The fraction of sp³-hybridized carbons (Fsp3) is 0.357. The topological polar surface area (TPSA) is 42.2 Å². The van der Waals surface area contributed by atoms with E-state index in [0.717, 1.165) is 16.3 Å². The molecule has 0 radical (unpaired) electrons. The fourth-order valence-corrected chi connectivity index (χ4v) is 2.74. The van der Waals surface area contributed by atoms with Gasteiger partial charge in [0.15, 0.2) is 5.76 Å². The first kappa shape index (κ1) is 11.8. The maximum atomic E-state index is 12.0. The van der Waals surface area contributed by atoms with E-state index in [0.29, 0.717) is 12.3 Å². The minimum atomic E-state index is -0.126. The lowest BCUT2D eigenvalue weighted by molar-refractivity contribution is 0.0921. The van der Waals surface area contributed by atoms with Crippen LogP contribution in [-0.4, -0.2) is 17.8 Å². The van der Waals surface area contributed by atoms with E-state index in [9.17, 15) is 4.79 Å². The molecule has 0 aliphatic heterocycles. The van der Waals surface area contributed by atoms with Crippen LogP contribution in [0.1, 0.15) is 23.4 Å². The van der Waals surface area contributed by atoms with Gasteiger partial charge in [-0.25, -0.2) is 0 Å². The third-order valence-electron chi connectivity index (χ3n) is 3.51. The highest BCUT2D eigenvalue weighted by Crippen LogP contribution is 2.46. The third kappa shape index (κ3) is 2.17. The molecule has 1 N–H and O–H groups in total. The van der Waals surface area contributed by atoms with Gasteiger partial charge in [-0.15, -0.1) is 0 Å². The minimum absolute atomic E-state index is 0.126. The van der Waals surface area contributed by atoms with Crippen molar-refractivity contribution in [2.45, 2.75) is 12.8 Å². The van der Waals surface area contributed by atoms with Gasteiger partial charge in [0.1, 0.15) is 5.58 Å². The van der Waals surface area contributed by atoms with Gasteiger partial charge in [0, 0.05) is 17.3 Å². The number of carbonyl (C=O) groups is 1. The quantitative estimate of drug-likeness (QED) is 0.880. The van der Waals surface area contributed by atoms with Crippen molar-refractivity contribution in [3.05, 3.63) is 36.1 Å². The van der Waals surface area contributed by atoms with Gasteiger partial charge < -0.3 is 9.73 Å². The first-order chi connectivity index (χ1) is 8.72. The second-order valence-corrected chi connectivity index (χ2v) is 5.53. The molecule has 1 aromatic carbocycles.